The molecule has 0 radical (unpaired) electrons. The zero-order valence-electron chi connectivity index (χ0n) is 11.9. The molecule has 0 bridgehead atoms. The van der Waals surface area contributed by atoms with Gasteiger partial charge in [0.1, 0.15) is 0 Å². The van der Waals surface area contributed by atoms with Gasteiger partial charge in [-0.2, -0.15) is 0 Å². The molecule has 1 atom stereocenters. The number of ether oxygens (including phenoxy) is 1. The first kappa shape index (κ1) is 16.9. The molecule has 0 heterocycles. The molecular weight excluding hydrogens is 280 g/mol. The van der Waals surface area contributed by atoms with Crippen molar-refractivity contribution in [1.29, 1.82) is 0 Å². The molecule has 21 heavy (non-hydrogen) atoms. The van der Waals surface area contributed by atoms with E-state index in [2.05, 4.69) is 0 Å². The zero-order chi connectivity index (χ0) is 16.0. The Kier molecular flexibility index (Phi) is 6.07. The van der Waals surface area contributed by atoms with Crippen LogP contribution in [0.5, 0.6) is 5.75 Å². The molecule has 0 amide bonds. The van der Waals surface area contributed by atoms with Gasteiger partial charge in [0.15, 0.2) is 5.75 Å². The van der Waals surface area contributed by atoms with Crippen molar-refractivity contribution in [1.82, 2.24) is 4.90 Å². The maximum atomic E-state index is 11.0. The van der Waals surface area contributed by atoms with Crippen LogP contribution in [-0.2, 0) is 4.79 Å². The van der Waals surface area contributed by atoms with Gasteiger partial charge in [-0.05, 0) is 25.6 Å². The number of likely N-dealkylation sites (N-methyl/N-ethyl adjacent to an activating group) is 1. The predicted octanol–water partition coefficient (Wildman–Crippen LogP) is 1.04. The van der Waals surface area contributed by atoms with Crippen molar-refractivity contribution in [3.05, 3.63) is 33.9 Å². The number of nitro benzene ring substituents is 1. The van der Waals surface area contributed by atoms with Crippen molar-refractivity contribution in [3.8, 4) is 5.75 Å². The highest BCUT2D eigenvalue weighted by molar-refractivity contribution is 5.69. The van der Waals surface area contributed by atoms with Crippen molar-refractivity contribution < 1.29 is 24.7 Å². The average Bonchev–Trinajstić information content (AvgIpc) is 2.37. The van der Waals surface area contributed by atoms with Gasteiger partial charge >= 0.3 is 11.7 Å². The molecule has 2 N–H and O–H groups in total. The highest BCUT2D eigenvalue weighted by Crippen LogP contribution is 2.30. The molecule has 0 aliphatic heterocycles. The van der Waals surface area contributed by atoms with E-state index in [4.69, 9.17) is 9.84 Å². The number of aliphatic carboxylic acids is 1. The maximum absolute atomic E-state index is 11.0. The lowest BCUT2D eigenvalue weighted by molar-refractivity contribution is -0.386. The Labute approximate surface area is 121 Å². The first-order chi connectivity index (χ1) is 9.85. The number of nitro groups is 1. The van der Waals surface area contributed by atoms with E-state index in [1.807, 2.05) is 0 Å². The molecule has 8 heteroatoms. The van der Waals surface area contributed by atoms with Gasteiger partial charge in [0.25, 0.3) is 0 Å². The Morgan fingerprint density at radius 2 is 2.19 bits per heavy atom. The molecule has 0 fully saturated rings. The predicted molar refractivity (Wildman–Crippen MR) is 74.4 cm³/mol. The molecule has 116 valence electrons. The third-order valence-electron chi connectivity index (χ3n) is 2.75. The Bertz CT molecular complexity index is 519. The Balaban J connectivity index is 2.90. The van der Waals surface area contributed by atoms with E-state index in [1.54, 1.807) is 14.0 Å². The minimum absolute atomic E-state index is 0.0530. The quantitative estimate of drug-likeness (QED) is 0.544. The van der Waals surface area contributed by atoms with E-state index < -0.39 is 17.0 Å². The maximum Gasteiger partial charge on any atom is 0.317 e. The number of aliphatic hydroxyl groups excluding tert-OH is 1. The summed E-state index contributed by atoms with van der Waals surface area (Å²) in [5.74, 6) is -0.875. The van der Waals surface area contributed by atoms with Crippen molar-refractivity contribution in [2.45, 2.75) is 13.0 Å². The topological polar surface area (TPSA) is 113 Å². The number of carboxylic acids is 1. The van der Waals surface area contributed by atoms with Crippen molar-refractivity contribution in [2.75, 3.05) is 26.7 Å². The van der Waals surface area contributed by atoms with Gasteiger partial charge in [0, 0.05) is 12.6 Å². The van der Waals surface area contributed by atoms with Gasteiger partial charge in [0.2, 0.25) is 0 Å². The van der Waals surface area contributed by atoms with E-state index in [0.29, 0.717) is 12.2 Å². The number of carboxylic acid groups (broad SMARTS) is 1. The standard InChI is InChI=1S/C13H18N2O6/c1-3-21-12-5-4-9(6-10(12)15(19)20)11(16)7-14(2)8-13(17)18/h4-6,11,16H,3,7-8H2,1-2H3,(H,17,18). The molecular formula is C13H18N2O6. The largest absolute Gasteiger partial charge is 0.487 e. The summed E-state index contributed by atoms with van der Waals surface area (Å²) in [5.41, 5.74) is 0.108. The van der Waals surface area contributed by atoms with Crippen LogP contribution in [0, 0.1) is 10.1 Å². The van der Waals surface area contributed by atoms with E-state index in [-0.39, 0.29) is 24.5 Å². The second-order valence-electron chi connectivity index (χ2n) is 4.52. The van der Waals surface area contributed by atoms with Crippen LogP contribution in [0.4, 0.5) is 5.69 Å². The van der Waals surface area contributed by atoms with Crippen LogP contribution in [0.2, 0.25) is 0 Å². The van der Waals surface area contributed by atoms with Crippen LogP contribution in [0.3, 0.4) is 0 Å². The molecule has 0 spiro atoms. The van der Waals surface area contributed by atoms with Crippen molar-refractivity contribution in [2.24, 2.45) is 0 Å². The molecule has 0 aromatic heterocycles. The van der Waals surface area contributed by atoms with E-state index in [9.17, 15) is 20.0 Å². The first-order valence-corrected chi connectivity index (χ1v) is 6.34. The van der Waals surface area contributed by atoms with Crippen LogP contribution in [-0.4, -0.2) is 52.7 Å². The van der Waals surface area contributed by atoms with Crippen LogP contribution in [0.25, 0.3) is 0 Å². The molecule has 1 aromatic carbocycles. The van der Waals surface area contributed by atoms with Crippen molar-refractivity contribution in [3.63, 3.8) is 0 Å². The summed E-state index contributed by atoms with van der Waals surface area (Å²) < 4.78 is 5.16. The zero-order valence-corrected chi connectivity index (χ0v) is 11.9. The fraction of sp³-hybridized carbons (Fsp3) is 0.462. The number of hydrogen-bond donors (Lipinski definition) is 2. The molecule has 1 aromatic rings. The van der Waals surface area contributed by atoms with Gasteiger partial charge in [-0.15, -0.1) is 0 Å². The normalized spacial score (nSPS) is 12.2. The molecule has 0 aliphatic carbocycles. The molecule has 0 saturated heterocycles. The molecule has 1 rings (SSSR count). The number of carbonyl (C=O) groups is 1. The summed E-state index contributed by atoms with van der Waals surface area (Å²) in [4.78, 5) is 22.4. The smallest absolute Gasteiger partial charge is 0.317 e. The van der Waals surface area contributed by atoms with Gasteiger partial charge in [-0.3, -0.25) is 19.8 Å². The monoisotopic (exact) mass is 298 g/mol. The van der Waals surface area contributed by atoms with Crippen LogP contribution in [0.1, 0.15) is 18.6 Å². The lowest BCUT2D eigenvalue weighted by Crippen LogP contribution is -2.29. The Hall–Kier alpha value is -2.19. The first-order valence-electron chi connectivity index (χ1n) is 6.34. The lowest BCUT2D eigenvalue weighted by atomic mass is 10.1. The summed E-state index contributed by atoms with van der Waals surface area (Å²) in [5, 5.41) is 29.7. The third kappa shape index (κ3) is 5.01. The van der Waals surface area contributed by atoms with Crippen molar-refractivity contribution >= 4 is 11.7 Å². The lowest BCUT2D eigenvalue weighted by Gasteiger charge is -2.19. The summed E-state index contributed by atoms with van der Waals surface area (Å²) in [6, 6.07) is 4.19. The molecule has 0 aliphatic rings. The third-order valence-corrected chi connectivity index (χ3v) is 2.75. The average molecular weight is 298 g/mol. The van der Waals surface area contributed by atoms with E-state index in [1.165, 1.54) is 23.1 Å². The minimum Gasteiger partial charge on any atom is -0.487 e. The summed E-state index contributed by atoms with van der Waals surface area (Å²) in [6.07, 6.45) is -1.02. The second-order valence-corrected chi connectivity index (χ2v) is 4.52. The Morgan fingerprint density at radius 3 is 2.71 bits per heavy atom. The van der Waals surface area contributed by atoms with Gasteiger partial charge in [-0.1, -0.05) is 6.07 Å². The fourth-order valence-corrected chi connectivity index (χ4v) is 1.86. The minimum atomic E-state index is -1.02. The molecule has 8 nitrogen and oxygen atoms in total. The summed E-state index contributed by atoms with van der Waals surface area (Å²) >= 11 is 0. The van der Waals surface area contributed by atoms with Gasteiger partial charge in [0.05, 0.1) is 24.2 Å². The van der Waals surface area contributed by atoms with Gasteiger partial charge < -0.3 is 14.9 Å². The number of rotatable bonds is 8. The highest BCUT2D eigenvalue weighted by atomic mass is 16.6. The van der Waals surface area contributed by atoms with E-state index >= 15 is 0 Å². The molecule has 1 unspecified atom stereocenters. The van der Waals surface area contributed by atoms with Gasteiger partial charge in [-0.25, -0.2) is 0 Å². The van der Waals surface area contributed by atoms with E-state index in [0.717, 1.165) is 0 Å². The summed E-state index contributed by atoms with van der Waals surface area (Å²) in [6.45, 7) is 1.84. The SMILES string of the molecule is CCOc1ccc(C(O)CN(C)CC(=O)O)cc1[N+](=O)[O-]. The van der Waals surface area contributed by atoms with Crippen LogP contribution >= 0.6 is 0 Å². The highest BCUT2D eigenvalue weighted by Gasteiger charge is 2.20. The van der Waals surface area contributed by atoms with Crippen LogP contribution < -0.4 is 4.74 Å². The Morgan fingerprint density at radius 1 is 1.52 bits per heavy atom. The summed E-state index contributed by atoms with van der Waals surface area (Å²) in [7, 11) is 1.54. The molecule has 0 saturated carbocycles. The second kappa shape index (κ2) is 7.55. The van der Waals surface area contributed by atoms with Crippen LogP contribution in [0.15, 0.2) is 18.2 Å². The number of aliphatic hydroxyl groups is 1. The fourth-order valence-electron chi connectivity index (χ4n) is 1.86. The number of nitrogens with zero attached hydrogens (tertiary/aromatic N) is 2. The number of benzene rings is 1. The number of hydrogen-bond acceptors (Lipinski definition) is 6.